The first-order chi connectivity index (χ1) is 13.5. The number of benzene rings is 2. The van der Waals surface area contributed by atoms with Crippen molar-refractivity contribution in [3.8, 4) is 5.69 Å². The maximum atomic E-state index is 12.4. The number of halogens is 2. The van der Waals surface area contributed by atoms with Gasteiger partial charge in [-0.2, -0.15) is 10.1 Å². The smallest absolute Gasteiger partial charge is 0.263 e. The Labute approximate surface area is 169 Å². The zero-order valence-electron chi connectivity index (χ0n) is 14.4. The quantitative estimate of drug-likeness (QED) is 0.463. The topological polar surface area (TPSA) is 95.8 Å². The first-order valence-electron chi connectivity index (χ1n) is 8.43. The van der Waals surface area contributed by atoms with Gasteiger partial charge >= 0.3 is 0 Å². The lowest BCUT2D eigenvalue weighted by molar-refractivity contribution is 0.191. The Hall–Kier alpha value is -2.87. The number of hydrogen-bond donors (Lipinski definition) is 3. The molecule has 0 bridgehead atoms. The molecule has 0 radical (unpaired) electrons. The second kappa shape index (κ2) is 7.63. The molecular formula is C19H15Cl2N5O2. The van der Waals surface area contributed by atoms with E-state index in [1.807, 2.05) is 30.3 Å². The Kier molecular flexibility index (Phi) is 5.04. The molecule has 4 rings (SSSR count). The van der Waals surface area contributed by atoms with Gasteiger partial charge in [-0.1, -0.05) is 47.5 Å². The fourth-order valence-corrected chi connectivity index (χ4v) is 3.37. The van der Waals surface area contributed by atoms with Gasteiger partial charge in [-0.25, -0.2) is 4.68 Å². The van der Waals surface area contributed by atoms with E-state index < -0.39 is 6.10 Å². The van der Waals surface area contributed by atoms with Crippen LogP contribution in [0.5, 0.6) is 0 Å². The summed E-state index contributed by atoms with van der Waals surface area (Å²) in [5.41, 5.74) is 1.40. The van der Waals surface area contributed by atoms with E-state index in [1.54, 1.807) is 22.9 Å². The largest absolute Gasteiger partial charge is 0.387 e. The van der Waals surface area contributed by atoms with Crippen LogP contribution in [-0.4, -0.2) is 31.4 Å². The number of aromatic amines is 1. The van der Waals surface area contributed by atoms with E-state index in [0.717, 1.165) is 5.69 Å². The van der Waals surface area contributed by atoms with E-state index in [2.05, 4.69) is 20.4 Å². The lowest BCUT2D eigenvalue weighted by Crippen LogP contribution is -2.18. The molecule has 0 saturated heterocycles. The Morgan fingerprint density at radius 1 is 1.18 bits per heavy atom. The molecule has 7 nitrogen and oxygen atoms in total. The lowest BCUT2D eigenvalue weighted by atomic mass is 10.1. The summed E-state index contributed by atoms with van der Waals surface area (Å²) >= 11 is 12.0. The minimum absolute atomic E-state index is 0.0925. The van der Waals surface area contributed by atoms with Crippen LogP contribution in [0.3, 0.4) is 0 Å². The van der Waals surface area contributed by atoms with Gasteiger partial charge in [0.05, 0.1) is 18.0 Å². The molecule has 28 heavy (non-hydrogen) atoms. The normalized spacial score (nSPS) is 12.2. The number of nitrogens with one attached hydrogen (secondary N) is 2. The number of fused-ring (bicyclic) bond motifs is 1. The number of H-pyrrole nitrogens is 1. The van der Waals surface area contributed by atoms with Gasteiger partial charge in [0.1, 0.15) is 5.39 Å². The van der Waals surface area contributed by atoms with Gasteiger partial charge in [-0.15, -0.1) is 0 Å². The molecule has 0 aliphatic carbocycles. The van der Waals surface area contributed by atoms with Crippen LogP contribution in [0.4, 0.5) is 5.95 Å². The summed E-state index contributed by atoms with van der Waals surface area (Å²) < 4.78 is 1.59. The van der Waals surface area contributed by atoms with E-state index in [4.69, 9.17) is 23.2 Å². The highest BCUT2D eigenvalue weighted by atomic mass is 35.5. The van der Waals surface area contributed by atoms with Crippen molar-refractivity contribution in [1.29, 1.82) is 0 Å². The average molecular weight is 416 g/mol. The molecule has 142 valence electrons. The first-order valence-corrected chi connectivity index (χ1v) is 9.19. The first kappa shape index (κ1) is 18.5. The molecule has 4 aromatic rings. The van der Waals surface area contributed by atoms with Gasteiger partial charge in [0, 0.05) is 22.2 Å². The monoisotopic (exact) mass is 415 g/mol. The van der Waals surface area contributed by atoms with E-state index in [-0.39, 0.29) is 18.1 Å². The molecule has 3 N–H and O–H groups in total. The lowest BCUT2D eigenvalue weighted by Gasteiger charge is -2.14. The van der Waals surface area contributed by atoms with Crippen LogP contribution >= 0.6 is 23.2 Å². The summed E-state index contributed by atoms with van der Waals surface area (Å²) in [6, 6.07) is 14.3. The van der Waals surface area contributed by atoms with Crippen LogP contribution in [0.25, 0.3) is 16.7 Å². The molecule has 1 unspecified atom stereocenters. The summed E-state index contributed by atoms with van der Waals surface area (Å²) in [6.07, 6.45) is 0.560. The molecule has 9 heteroatoms. The number of rotatable bonds is 5. The summed E-state index contributed by atoms with van der Waals surface area (Å²) in [4.78, 5) is 19.5. The fraction of sp³-hybridized carbons (Fsp3) is 0.105. The number of aliphatic hydroxyl groups is 1. The summed E-state index contributed by atoms with van der Waals surface area (Å²) in [5.74, 6) is 0.222. The number of aliphatic hydroxyl groups excluding tert-OH is 1. The van der Waals surface area contributed by atoms with Gasteiger partial charge in [0.2, 0.25) is 5.95 Å². The van der Waals surface area contributed by atoms with Crippen molar-refractivity contribution in [2.75, 3.05) is 11.9 Å². The maximum absolute atomic E-state index is 12.4. The SMILES string of the molecule is O=c1[nH]c(NCC(O)c2ccc(Cl)cc2Cl)nc2c1cnn2-c1ccccc1. The number of nitrogens with zero attached hydrogens (tertiary/aromatic N) is 3. The van der Waals surface area contributed by atoms with Crippen molar-refractivity contribution in [2.45, 2.75) is 6.10 Å². The highest BCUT2D eigenvalue weighted by Crippen LogP contribution is 2.26. The second-order valence-electron chi connectivity index (χ2n) is 6.11. The van der Waals surface area contributed by atoms with E-state index >= 15 is 0 Å². The van der Waals surface area contributed by atoms with Gasteiger partial charge < -0.3 is 10.4 Å². The predicted octanol–water partition coefficient (Wildman–Crippen LogP) is 3.56. The fourth-order valence-electron chi connectivity index (χ4n) is 2.84. The van der Waals surface area contributed by atoms with Crippen LogP contribution in [0.2, 0.25) is 10.0 Å². The zero-order valence-corrected chi connectivity index (χ0v) is 15.9. The molecule has 2 aromatic heterocycles. The molecule has 2 heterocycles. The van der Waals surface area contributed by atoms with Crippen molar-refractivity contribution in [3.63, 3.8) is 0 Å². The maximum Gasteiger partial charge on any atom is 0.263 e. The van der Waals surface area contributed by atoms with E-state index in [9.17, 15) is 9.90 Å². The van der Waals surface area contributed by atoms with Crippen molar-refractivity contribution in [2.24, 2.45) is 0 Å². The summed E-state index contributed by atoms with van der Waals surface area (Å²) in [5, 5.41) is 18.8. The van der Waals surface area contributed by atoms with Crippen LogP contribution in [-0.2, 0) is 0 Å². The molecule has 0 fully saturated rings. The van der Waals surface area contributed by atoms with Gasteiger partial charge in [0.15, 0.2) is 5.65 Å². The van der Waals surface area contributed by atoms with Gasteiger partial charge in [-0.3, -0.25) is 9.78 Å². The van der Waals surface area contributed by atoms with Gasteiger partial charge in [0.25, 0.3) is 5.56 Å². The molecule has 0 amide bonds. The van der Waals surface area contributed by atoms with Crippen molar-refractivity contribution >= 4 is 40.2 Å². The predicted molar refractivity (Wildman–Crippen MR) is 109 cm³/mol. The Morgan fingerprint density at radius 2 is 1.96 bits per heavy atom. The molecule has 0 aliphatic heterocycles. The molecule has 0 saturated carbocycles. The summed E-state index contributed by atoms with van der Waals surface area (Å²) in [6.45, 7) is 0.0925. The minimum Gasteiger partial charge on any atom is -0.387 e. The third-order valence-electron chi connectivity index (χ3n) is 4.22. The van der Waals surface area contributed by atoms with Crippen LogP contribution < -0.4 is 10.9 Å². The van der Waals surface area contributed by atoms with Crippen molar-refractivity contribution in [3.05, 3.63) is 80.7 Å². The molecule has 2 aromatic carbocycles. The summed E-state index contributed by atoms with van der Waals surface area (Å²) in [7, 11) is 0. The molecule has 0 aliphatic rings. The number of aromatic nitrogens is 4. The highest BCUT2D eigenvalue weighted by Gasteiger charge is 2.14. The van der Waals surface area contributed by atoms with E-state index in [0.29, 0.717) is 26.6 Å². The third kappa shape index (κ3) is 3.60. The van der Waals surface area contributed by atoms with E-state index in [1.165, 1.54) is 6.20 Å². The van der Waals surface area contributed by atoms with Crippen LogP contribution in [0.1, 0.15) is 11.7 Å². The zero-order chi connectivity index (χ0) is 19.7. The standard InChI is InChI=1S/C19H15Cl2N5O2/c20-11-6-7-13(15(21)8-11)16(27)10-22-19-24-17-14(18(28)25-19)9-23-26(17)12-4-2-1-3-5-12/h1-9,16,27H,10H2,(H2,22,24,25,28). The number of para-hydroxylation sites is 1. The number of hydrogen-bond acceptors (Lipinski definition) is 5. The Bertz CT molecular complexity index is 1190. The van der Waals surface area contributed by atoms with Crippen molar-refractivity contribution < 1.29 is 5.11 Å². The third-order valence-corrected chi connectivity index (χ3v) is 4.79. The van der Waals surface area contributed by atoms with Crippen molar-refractivity contribution in [1.82, 2.24) is 19.7 Å². The second-order valence-corrected chi connectivity index (χ2v) is 6.95. The Morgan fingerprint density at radius 3 is 2.71 bits per heavy atom. The number of anilines is 1. The minimum atomic E-state index is -0.912. The van der Waals surface area contributed by atoms with Crippen LogP contribution in [0.15, 0.2) is 59.5 Å². The highest BCUT2D eigenvalue weighted by molar-refractivity contribution is 6.35. The molecular weight excluding hydrogens is 401 g/mol. The average Bonchev–Trinajstić information content (AvgIpc) is 3.11. The van der Waals surface area contributed by atoms with Gasteiger partial charge in [-0.05, 0) is 24.3 Å². The van der Waals surface area contributed by atoms with Crippen LogP contribution in [0, 0.1) is 0 Å². The molecule has 0 spiro atoms. The Balaban J connectivity index is 1.61. The molecule has 1 atom stereocenters.